The molecular weight excluding hydrogens is 466 g/mol. The van der Waals surface area contributed by atoms with Crippen molar-refractivity contribution < 1.29 is 38.1 Å². The third kappa shape index (κ3) is 6.06. The fraction of sp³-hybridized carbons (Fsp3) is 0.500. The molecule has 12 heteroatoms. The zero-order valence-electron chi connectivity index (χ0n) is 19.5. The van der Waals surface area contributed by atoms with E-state index in [2.05, 4.69) is 10.3 Å². The van der Waals surface area contributed by atoms with Gasteiger partial charge in [-0.15, -0.1) is 0 Å². The van der Waals surface area contributed by atoms with E-state index in [0.29, 0.717) is 5.16 Å². The highest BCUT2D eigenvalue weighted by Gasteiger charge is 2.51. The van der Waals surface area contributed by atoms with Crippen LogP contribution in [0.25, 0.3) is 11.0 Å². The number of esters is 3. The maximum absolute atomic E-state index is 12.1. The molecule has 184 valence electrons. The van der Waals surface area contributed by atoms with Crippen molar-refractivity contribution in [1.82, 2.24) is 14.9 Å². The van der Waals surface area contributed by atoms with Gasteiger partial charge in [-0.1, -0.05) is 23.9 Å². The van der Waals surface area contributed by atoms with E-state index >= 15 is 0 Å². The number of imidazole rings is 1. The van der Waals surface area contributed by atoms with Gasteiger partial charge in [-0.05, 0) is 12.1 Å². The smallest absolute Gasteiger partial charge is 0.303 e. The molecule has 2 aromatic rings. The summed E-state index contributed by atoms with van der Waals surface area (Å²) in [6, 6.07) is 6.65. The highest BCUT2D eigenvalue weighted by molar-refractivity contribution is 7.99. The highest BCUT2D eigenvalue weighted by atomic mass is 32.2. The molecule has 1 aliphatic heterocycles. The van der Waals surface area contributed by atoms with E-state index in [1.165, 1.54) is 39.5 Å². The predicted octanol–water partition coefficient (Wildman–Crippen LogP) is 1.32. The molecule has 0 aliphatic carbocycles. The summed E-state index contributed by atoms with van der Waals surface area (Å²) in [5.74, 6) is -2.25. The largest absolute Gasteiger partial charge is 0.463 e. The highest BCUT2D eigenvalue weighted by Crippen LogP contribution is 2.36. The first-order chi connectivity index (χ1) is 16.1. The van der Waals surface area contributed by atoms with Crippen molar-refractivity contribution in [3.05, 3.63) is 24.3 Å². The molecule has 1 fully saturated rings. The minimum atomic E-state index is -1.13. The molecule has 1 N–H and O–H groups in total. The van der Waals surface area contributed by atoms with E-state index in [1.807, 2.05) is 35.9 Å². The fourth-order valence-corrected chi connectivity index (χ4v) is 4.91. The summed E-state index contributed by atoms with van der Waals surface area (Å²) in [5, 5.41) is 3.33. The Morgan fingerprint density at radius 2 is 1.68 bits per heavy atom. The quantitative estimate of drug-likeness (QED) is 0.444. The van der Waals surface area contributed by atoms with Gasteiger partial charge in [-0.3, -0.25) is 19.2 Å². The molecule has 11 nitrogen and oxygen atoms in total. The summed E-state index contributed by atoms with van der Waals surface area (Å²) in [5.41, 5.74) is 0.837. The van der Waals surface area contributed by atoms with Gasteiger partial charge in [0.25, 0.3) is 0 Å². The van der Waals surface area contributed by atoms with E-state index in [0.717, 1.165) is 11.0 Å². The number of hydrogen-bond acceptors (Lipinski definition) is 10. The van der Waals surface area contributed by atoms with E-state index in [-0.39, 0.29) is 6.61 Å². The van der Waals surface area contributed by atoms with Crippen molar-refractivity contribution in [2.75, 3.05) is 6.61 Å². The molecule has 0 spiro atoms. The number of para-hydroxylation sites is 2. The van der Waals surface area contributed by atoms with Gasteiger partial charge in [0.2, 0.25) is 5.91 Å². The summed E-state index contributed by atoms with van der Waals surface area (Å²) in [4.78, 5) is 51.9. The van der Waals surface area contributed by atoms with Gasteiger partial charge in [0, 0.05) is 34.7 Å². The SMILES string of the molecule is CC(=O)NC1C(Sc2nc3ccccc3n2C)OC(COC(C)=O)C(OC(C)=O)C1OC(C)=O. The number of hydrogen-bond donors (Lipinski definition) is 1. The maximum Gasteiger partial charge on any atom is 0.303 e. The van der Waals surface area contributed by atoms with E-state index < -0.39 is 53.6 Å². The molecule has 1 aromatic carbocycles. The molecule has 0 saturated carbocycles. The van der Waals surface area contributed by atoms with Gasteiger partial charge < -0.3 is 28.8 Å². The number of fused-ring (bicyclic) bond motifs is 1. The first-order valence-electron chi connectivity index (χ1n) is 10.5. The molecule has 1 saturated heterocycles. The number of thioether (sulfide) groups is 1. The van der Waals surface area contributed by atoms with Crippen LogP contribution in [-0.4, -0.2) is 69.8 Å². The molecule has 2 heterocycles. The molecule has 0 bridgehead atoms. The monoisotopic (exact) mass is 493 g/mol. The molecule has 34 heavy (non-hydrogen) atoms. The Kier molecular flexibility index (Phi) is 8.15. The fourth-order valence-electron chi connectivity index (χ4n) is 3.72. The summed E-state index contributed by atoms with van der Waals surface area (Å²) in [6.07, 6.45) is -3.20. The molecule has 5 atom stereocenters. The number of ether oxygens (including phenoxy) is 4. The first kappa shape index (κ1) is 25.5. The molecule has 0 radical (unpaired) electrons. The van der Waals surface area contributed by atoms with Crippen LogP contribution in [0, 0.1) is 0 Å². The van der Waals surface area contributed by atoms with Crippen molar-refractivity contribution in [1.29, 1.82) is 0 Å². The number of aryl methyl sites for hydroxylation is 1. The Labute approximate surface area is 200 Å². The van der Waals surface area contributed by atoms with Gasteiger partial charge in [0.05, 0.1) is 11.0 Å². The summed E-state index contributed by atoms with van der Waals surface area (Å²) >= 11 is 1.20. The standard InChI is InChI=1S/C22H27N3O8S/c1-11(26)23-18-20(32-14(4)29)19(31-13(3)28)17(10-30-12(2)27)33-21(18)34-22-24-15-8-6-7-9-16(15)25(22)5/h6-9,17-21H,10H2,1-5H3,(H,23,26). The minimum Gasteiger partial charge on any atom is -0.463 e. The second-order valence-electron chi connectivity index (χ2n) is 7.78. The predicted molar refractivity (Wildman–Crippen MR) is 121 cm³/mol. The van der Waals surface area contributed by atoms with Crippen LogP contribution in [0.15, 0.2) is 29.4 Å². The van der Waals surface area contributed by atoms with Crippen LogP contribution in [0.1, 0.15) is 27.7 Å². The average Bonchev–Trinajstić information content (AvgIpc) is 3.05. The van der Waals surface area contributed by atoms with Gasteiger partial charge in [0.1, 0.15) is 24.2 Å². The lowest BCUT2D eigenvalue weighted by Gasteiger charge is -2.44. The van der Waals surface area contributed by atoms with Gasteiger partial charge >= 0.3 is 17.9 Å². The molecule has 3 rings (SSSR count). The van der Waals surface area contributed by atoms with Crippen LogP contribution in [0.5, 0.6) is 0 Å². The lowest BCUT2D eigenvalue weighted by Crippen LogP contribution is -2.65. The Morgan fingerprint density at radius 1 is 1.03 bits per heavy atom. The summed E-state index contributed by atoms with van der Waals surface area (Å²) in [6.45, 7) is 4.70. The number of carbonyl (C=O) groups excluding carboxylic acids is 4. The van der Waals surface area contributed by atoms with E-state index in [4.69, 9.17) is 18.9 Å². The number of amides is 1. The van der Waals surface area contributed by atoms with Crippen molar-refractivity contribution in [2.45, 2.75) is 62.6 Å². The Hall–Kier alpha value is -3.12. The molecular formula is C22H27N3O8S. The van der Waals surface area contributed by atoms with Gasteiger partial charge in [0.15, 0.2) is 17.4 Å². The number of benzene rings is 1. The Bertz CT molecular complexity index is 1090. The second-order valence-corrected chi connectivity index (χ2v) is 8.85. The number of nitrogens with zero attached hydrogens (tertiary/aromatic N) is 2. The third-order valence-corrected chi connectivity index (χ3v) is 6.25. The van der Waals surface area contributed by atoms with Gasteiger partial charge in [-0.25, -0.2) is 4.98 Å². The van der Waals surface area contributed by atoms with E-state index in [9.17, 15) is 19.2 Å². The number of nitrogens with one attached hydrogen (secondary N) is 1. The van der Waals surface area contributed by atoms with Crippen LogP contribution in [0.4, 0.5) is 0 Å². The Balaban J connectivity index is 2.02. The first-order valence-corrected chi connectivity index (χ1v) is 11.4. The normalized spacial score (nSPS) is 24.3. The number of rotatable bonds is 7. The van der Waals surface area contributed by atoms with Gasteiger partial charge in [-0.2, -0.15) is 0 Å². The second kappa shape index (κ2) is 10.9. The zero-order chi connectivity index (χ0) is 25.0. The third-order valence-electron chi connectivity index (χ3n) is 5.04. The van der Waals surface area contributed by atoms with Crippen molar-refractivity contribution in [3.63, 3.8) is 0 Å². The number of aromatic nitrogens is 2. The maximum atomic E-state index is 12.1. The summed E-state index contributed by atoms with van der Waals surface area (Å²) in [7, 11) is 1.84. The van der Waals surface area contributed by atoms with Crippen molar-refractivity contribution in [2.24, 2.45) is 7.05 Å². The zero-order valence-corrected chi connectivity index (χ0v) is 20.3. The minimum absolute atomic E-state index is 0.253. The molecule has 5 unspecified atom stereocenters. The van der Waals surface area contributed by atoms with Crippen molar-refractivity contribution in [3.8, 4) is 0 Å². The lowest BCUT2D eigenvalue weighted by molar-refractivity contribution is -0.211. The van der Waals surface area contributed by atoms with E-state index in [1.54, 1.807) is 0 Å². The number of carbonyl (C=O) groups is 4. The Morgan fingerprint density at radius 3 is 2.26 bits per heavy atom. The lowest BCUT2D eigenvalue weighted by atomic mass is 9.97. The van der Waals surface area contributed by atoms with Crippen LogP contribution < -0.4 is 5.32 Å². The van der Waals surface area contributed by atoms with Crippen LogP contribution in [0.2, 0.25) is 0 Å². The summed E-state index contributed by atoms with van der Waals surface area (Å²) < 4.78 is 24.1. The molecule has 1 aliphatic rings. The average molecular weight is 494 g/mol. The topological polar surface area (TPSA) is 135 Å². The van der Waals surface area contributed by atoms with Crippen LogP contribution in [0.3, 0.4) is 0 Å². The molecule has 1 amide bonds. The van der Waals surface area contributed by atoms with Crippen molar-refractivity contribution >= 4 is 46.6 Å². The van der Waals surface area contributed by atoms with Crippen LogP contribution in [-0.2, 0) is 45.2 Å². The molecule has 1 aromatic heterocycles. The van der Waals surface area contributed by atoms with Crippen LogP contribution >= 0.6 is 11.8 Å².